The van der Waals surface area contributed by atoms with E-state index in [9.17, 15) is 4.79 Å². The van der Waals surface area contributed by atoms with Crippen molar-refractivity contribution in [3.05, 3.63) is 53.6 Å². The summed E-state index contributed by atoms with van der Waals surface area (Å²) in [6.45, 7) is 0.243. The number of benzene rings is 2. The third-order valence-corrected chi connectivity index (χ3v) is 2.87. The Labute approximate surface area is 115 Å². The molecule has 0 saturated heterocycles. The van der Waals surface area contributed by atoms with Crippen LogP contribution in [0.25, 0.3) is 0 Å². The standard InChI is InChI=1S/C15H11NO4/c17-15(18)11-2-4-12(5-3-11)16-8-10-1-6-13-14(7-10)20-9-19-13/h1-8H,9H2,(H,17,18)/b16-8+. The number of ether oxygens (including phenoxy) is 2. The van der Waals surface area contributed by atoms with Crippen LogP contribution in [0.5, 0.6) is 11.5 Å². The first-order chi connectivity index (χ1) is 9.72. The number of aromatic carboxylic acids is 1. The predicted octanol–water partition coefficient (Wildman–Crippen LogP) is 2.86. The molecule has 5 nitrogen and oxygen atoms in total. The summed E-state index contributed by atoms with van der Waals surface area (Å²) in [5.41, 5.74) is 1.82. The quantitative estimate of drug-likeness (QED) is 0.870. The monoisotopic (exact) mass is 269 g/mol. The zero-order chi connectivity index (χ0) is 13.9. The van der Waals surface area contributed by atoms with Crippen LogP contribution < -0.4 is 9.47 Å². The molecule has 0 bridgehead atoms. The zero-order valence-corrected chi connectivity index (χ0v) is 10.4. The van der Waals surface area contributed by atoms with Gasteiger partial charge in [-0.2, -0.15) is 0 Å². The molecule has 1 aliphatic heterocycles. The number of rotatable bonds is 3. The summed E-state index contributed by atoms with van der Waals surface area (Å²) in [4.78, 5) is 15.0. The van der Waals surface area contributed by atoms with Gasteiger partial charge in [-0.15, -0.1) is 0 Å². The fourth-order valence-electron chi connectivity index (χ4n) is 1.83. The molecular formula is C15H11NO4. The van der Waals surface area contributed by atoms with Gasteiger partial charge in [-0.3, -0.25) is 4.99 Å². The highest BCUT2D eigenvalue weighted by molar-refractivity contribution is 5.88. The van der Waals surface area contributed by atoms with Crippen LogP contribution >= 0.6 is 0 Å². The van der Waals surface area contributed by atoms with E-state index in [4.69, 9.17) is 14.6 Å². The smallest absolute Gasteiger partial charge is 0.335 e. The minimum Gasteiger partial charge on any atom is -0.478 e. The number of carbonyl (C=O) groups is 1. The highest BCUT2D eigenvalue weighted by Gasteiger charge is 2.12. The van der Waals surface area contributed by atoms with Gasteiger partial charge >= 0.3 is 5.97 Å². The maximum atomic E-state index is 10.7. The van der Waals surface area contributed by atoms with Gasteiger partial charge in [-0.25, -0.2) is 4.79 Å². The second kappa shape index (κ2) is 5.05. The van der Waals surface area contributed by atoms with Gasteiger partial charge in [0.1, 0.15) is 0 Å². The molecule has 20 heavy (non-hydrogen) atoms. The molecule has 1 heterocycles. The van der Waals surface area contributed by atoms with Gasteiger partial charge < -0.3 is 14.6 Å². The lowest BCUT2D eigenvalue weighted by molar-refractivity contribution is 0.0697. The highest BCUT2D eigenvalue weighted by atomic mass is 16.7. The summed E-state index contributed by atoms with van der Waals surface area (Å²) in [5, 5.41) is 8.81. The van der Waals surface area contributed by atoms with E-state index in [-0.39, 0.29) is 12.4 Å². The Morgan fingerprint density at radius 3 is 2.60 bits per heavy atom. The molecule has 0 aromatic heterocycles. The van der Waals surface area contributed by atoms with E-state index in [1.807, 2.05) is 18.2 Å². The lowest BCUT2D eigenvalue weighted by Crippen LogP contribution is -1.94. The maximum absolute atomic E-state index is 10.7. The number of hydrogen-bond acceptors (Lipinski definition) is 4. The van der Waals surface area contributed by atoms with E-state index in [0.29, 0.717) is 11.4 Å². The summed E-state index contributed by atoms with van der Waals surface area (Å²) in [7, 11) is 0. The molecule has 0 aliphatic carbocycles. The maximum Gasteiger partial charge on any atom is 0.335 e. The first-order valence-corrected chi connectivity index (χ1v) is 5.99. The molecule has 0 saturated carbocycles. The van der Waals surface area contributed by atoms with Gasteiger partial charge in [0.05, 0.1) is 11.3 Å². The summed E-state index contributed by atoms with van der Waals surface area (Å²) in [6.07, 6.45) is 1.69. The van der Waals surface area contributed by atoms with Crippen molar-refractivity contribution in [3.63, 3.8) is 0 Å². The Balaban J connectivity index is 1.78. The predicted molar refractivity (Wildman–Crippen MR) is 73.2 cm³/mol. The van der Waals surface area contributed by atoms with Crippen LogP contribution in [0.4, 0.5) is 5.69 Å². The van der Waals surface area contributed by atoms with Crippen molar-refractivity contribution in [2.24, 2.45) is 4.99 Å². The van der Waals surface area contributed by atoms with Crippen molar-refractivity contribution in [2.45, 2.75) is 0 Å². The zero-order valence-electron chi connectivity index (χ0n) is 10.4. The van der Waals surface area contributed by atoms with Gasteiger partial charge in [0, 0.05) is 6.21 Å². The molecule has 0 spiro atoms. The molecule has 0 amide bonds. The van der Waals surface area contributed by atoms with E-state index >= 15 is 0 Å². The molecule has 2 aromatic rings. The second-order valence-corrected chi connectivity index (χ2v) is 4.22. The molecule has 0 fully saturated rings. The lowest BCUT2D eigenvalue weighted by Gasteiger charge is -1.98. The minimum atomic E-state index is -0.948. The van der Waals surface area contributed by atoms with E-state index in [0.717, 1.165) is 11.3 Å². The Hall–Kier alpha value is -2.82. The molecule has 3 rings (SSSR count). The van der Waals surface area contributed by atoms with Crippen LogP contribution in [0.3, 0.4) is 0 Å². The first-order valence-electron chi connectivity index (χ1n) is 5.99. The number of hydrogen-bond donors (Lipinski definition) is 1. The summed E-state index contributed by atoms with van der Waals surface area (Å²) in [5.74, 6) is 0.486. The van der Waals surface area contributed by atoms with Crippen molar-refractivity contribution in [3.8, 4) is 11.5 Å². The molecule has 1 aliphatic rings. The summed E-state index contributed by atoms with van der Waals surface area (Å²) < 4.78 is 10.5. The first kappa shape index (κ1) is 12.2. The lowest BCUT2D eigenvalue weighted by atomic mass is 10.2. The second-order valence-electron chi connectivity index (χ2n) is 4.22. The average Bonchev–Trinajstić information content (AvgIpc) is 2.93. The number of fused-ring (bicyclic) bond motifs is 1. The number of aliphatic imine (C=N–C) groups is 1. The molecular weight excluding hydrogens is 258 g/mol. The third kappa shape index (κ3) is 2.47. The van der Waals surface area contributed by atoms with Crippen molar-refractivity contribution >= 4 is 17.9 Å². The van der Waals surface area contributed by atoms with Crippen molar-refractivity contribution in [1.29, 1.82) is 0 Å². The summed E-state index contributed by atoms with van der Waals surface area (Å²) >= 11 is 0. The summed E-state index contributed by atoms with van der Waals surface area (Å²) in [6, 6.07) is 11.9. The number of carboxylic acids is 1. The molecule has 0 unspecified atom stereocenters. The Morgan fingerprint density at radius 2 is 1.85 bits per heavy atom. The van der Waals surface area contributed by atoms with Crippen LogP contribution in [0.2, 0.25) is 0 Å². The Bertz CT molecular complexity index is 677. The molecule has 100 valence electrons. The van der Waals surface area contributed by atoms with Crippen LogP contribution in [0.15, 0.2) is 47.5 Å². The molecule has 0 radical (unpaired) electrons. The molecule has 1 N–H and O–H groups in total. The van der Waals surface area contributed by atoms with E-state index in [2.05, 4.69) is 4.99 Å². The fourth-order valence-corrected chi connectivity index (χ4v) is 1.83. The van der Waals surface area contributed by atoms with Crippen LogP contribution in [-0.2, 0) is 0 Å². The normalized spacial score (nSPS) is 12.8. The van der Waals surface area contributed by atoms with Gasteiger partial charge in [0.2, 0.25) is 6.79 Å². The Kier molecular flexibility index (Phi) is 3.09. The van der Waals surface area contributed by atoms with Crippen LogP contribution in [0.1, 0.15) is 15.9 Å². The van der Waals surface area contributed by atoms with E-state index in [1.165, 1.54) is 12.1 Å². The minimum absolute atomic E-state index is 0.243. The fraction of sp³-hybridized carbons (Fsp3) is 0.0667. The SMILES string of the molecule is O=C(O)c1ccc(/N=C/c2ccc3c(c2)OCO3)cc1. The molecule has 0 atom stereocenters. The highest BCUT2D eigenvalue weighted by Crippen LogP contribution is 2.32. The molecule has 2 aromatic carbocycles. The van der Waals surface area contributed by atoms with Crippen LogP contribution in [-0.4, -0.2) is 24.1 Å². The van der Waals surface area contributed by atoms with Gasteiger partial charge in [-0.1, -0.05) is 0 Å². The average molecular weight is 269 g/mol. The number of nitrogens with zero attached hydrogens (tertiary/aromatic N) is 1. The largest absolute Gasteiger partial charge is 0.478 e. The molecule has 5 heteroatoms. The topological polar surface area (TPSA) is 68.1 Å². The van der Waals surface area contributed by atoms with Gasteiger partial charge in [-0.05, 0) is 48.0 Å². The number of carboxylic acid groups (broad SMARTS) is 1. The van der Waals surface area contributed by atoms with E-state index < -0.39 is 5.97 Å². The van der Waals surface area contributed by atoms with Crippen molar-refractivity contribution < 1.29 is 19.4 Å². The van der Waals surface area contributed by atoms with E-state index in [1.54, 1.807) is 18.3 Å². The Morgan fingerprint density at radius 1 is 1.10 bits per heavy atom. The van der Waals surface area contributed by atoms with Gasteiger partial charge in [0.25, 0.3) is 0 Å². The van der Waals surface area contributed by atoms with Crippen molar-refractivity contribution in [2.75, 3.05) is 6.79 Å². The van der Waals surface area contributed by atoms with Gasteiger partial charge in [0.15, 0.2) is 11.5 Å². The van der Waals surface area contributed by atoms with Crippen molar-refractivity contribution in [1.82, 2.24) is 0 Å². The third-order valence-electron chi connectivity index (χ3n) is 2.87. The van der Waals surface area contributed by atoms with Crippen LogP contribution in [0, 0.1) is 0 Å².